The molecule has 0 amide bonds. The fourth-order valence-corrected chi connectivity index (χ4v) is 4.05. The minimum atomic E-state index is 0.316. The average Bonchev–Trinajstić information content (AvgIpc) is 2.88. The third-order valence-electron chi connectivity index (χ3n) is 3.95. The van der Waals surface area contributed by atoms with Gasteiger partial charge in [0.2, 0.25) is 5.28 Å². The Morgan fingerprint density at radius 2 is 1.91 bits per heavy atom. The molecule has 3 aromatic rings. The summed E-state index contributed by atoms with van der Waals surface area (Å²) in [7, 11) is 2.08. The van der Waals surface area contributed by atoms with Gasteiger partial charge in [0.1, 0.15) is 10.6 Å². The van der Waals surface area contributed by atoms with Crippen LogP contribution in [-0.2, 0) is 0 Å². The number of hydrogen-bond donors (Lipinski definition) is 0. The van der Waals surface area contributed by atoms with Crippen LogP contribution in [0.3, 0.4) is 0 Å². The Hall–Kier alpha value is -1.65. The number of unbranched alkanes of at least 4 members (excludes halogenated alkanes) is 1. The normalized spacial score (nSPS) is 11.1. The Balaban J connectivity index is 2.23. The Bertz CT molecular complexity index is 814. The van der Waals surface area contributed by atoms with E-state index in [4.69, 9.17) is 11.6 Å². The van der Waals surface area contributed by atoms with Gasteiger partial charge in [0.05, 0.1) is 5.39 Å². The monoisotopic (exact) mass is 345 g/mol. The predicted octanol–water partition coefficient (Wildman–Crippen LogP) is 5.56. The summed E-state index contributed by atoms with van der Waals surface area (Å²) in [4.78, 5) is 13.4. The van der Waals surface area contributed by atoms with Crippen molar-refractivity contribution in [1.82, 2.24) is 9.97 Å². The Morgan fingerprint density at radius 1 is 1.17 bits per heavy atom. The van der Waals surface area contributed by atoms with Gasteiger partial charge in [-0.2, -0.15) is 4.98 Å². The van der Waals surface area contributed by atoms with Crippen molar-refractivity contribution in [2.75, 3.05) is 18.5 Å². The van der Waals surface area contributed by atoms with Gasteiger partial charge in [0.25, 0.3) is 0 Å². The van der Waals surface area contributed by atoms with E-state index in [1.807, 2.05) is 6.07 Å². The number of halogens is 1. The van der Waals surface area contributed by atoms with Crippen LogP contribution in [0.5, 0.6) is 0 Å². The van der Waals surface area contributed by atoms with Crippen molar-refractivity contribution in [3.8, 4) is 11.1 Å². The molecule has 0 saturated heterocycles. The Morgan fingerprint density at radius 3 is 2.61 bits per heavy atom. The number of thiophene rings is 1. The summed E-state index contributed by atoms with van der Waals surface area (Å²) < 4.78 is 0. The van der Waals surface area contributed by atoms with Crippen molar-refractivity contribution in [3.05, 3.63) is 40.5 Å². The van der Waals surface area contributed by atoms with Crippen molar-refractivity contribution < 1.29 is 0 Å². The van der Waals surface area contributed by atoms with Gasteiger partial charge in [-0.15, -0.1) is 11.3 Å². The Kier molecular flexibility index (Phi) is 4.83. The lowest BCUT2D eigenvalue weighted by molar-refractivity contribution is 0.761. The summed E-state index contributed by atoms with van der Waals surface area (Å²) in [6.45, 7) is 5.29. The van der Waals surface area contributed by atoms with Crippen LogP contribution in [0, 0.1) is 6.92 Å². The van der Waals surface area contributed by atoms with Crippen LogP contribution < -0.4 is 4.90 Å². The van der Waals surface area contributed by atoms with Gasteiger partial charge in [-0.1, -0.05) is 43.7 Å². The molecule has 0 N–H and O–H groups in total. The number of nitrogens with zero attached hydrogens (tertiary/aromatic N) is 3. The molecule has 0 saturated carbocycles. The number of benzene rings is 1. The molecule has 2 heterocycles. The van der Waals surface area contributed by atoms with E-state index in [1.165, 1.54) is 16.0 Å². The zero-order chi connectivity index (χ0) is 16.4. The Labute approximate surface area is 146 Å². The SMILES string of the molecule is CCCCN(C)c1nc(Cl)nc2sc(C)c(-c3ccccc3)c12. The van der Waals surface area contributed by atoms with Gasteiger partial charge in [-0.05, 0) is 30.5 Å². The molecule has 0 spiro atoms. The quantitative estimate of drug-likeness (QED) is 0.567. The highest BCUT2D eigenvalue weighted by atomic mass is 35.5. The highest BCUT2D eigenvalue weighted by molar-refractivity contribution is 7.19. The van der Waals surface area contributed by atoms with Gasteiger partial charge in [-0.3, -0.25) is 0 Å². The van der Waals surface area contributed by atoms with Crippen LogP contribution in [0.15, 0.2) is 30.3 Å². The molecular weight excluding hydrogens is 326 g/mol. The molecule has 0 fully saturated rings. The lowest BCUT2D eigenvalue weighted by Gasteiger charge is -2.19. The van der Waals surface area contributed by atoms with Gasteiger partial charge >= 0.3 is 0 Å². The summed E-state index contributed by atoms with van der Waals surface area (Å²) in [5, 5.41) is 1.43. The lowest BCUT2D eigenvalue weighted by atomic mass is 10.0. The topological polar surface area (TPSA) is 29.0 Å². The van der Waals surface area contributed by atoms with E-state index in [-0.39, 0.29) is 0 Å². The standard InChI is InChI=1S/C18H20ClN3S/c1-4-5-11-22(3)16-15-14(13-9-7-6-8-10-13)12(2)23-17(15)21-18(19)20-16/h6-10H,4-5,11H2,1-3H3. The summed E-state index contributed by atoms with van der Waals surface area (Å²) in [5.41, 5.74) is 2.42. The summed E-state index contributed by atoms with van der Waals surface area (Å²) in [6, 6.07) is 10.4. The first-order valence-electron chi connectivity index (χ1n) is 7.85. The predicted molar refractivity (Wildman–Crippen MR) is 101 cm³/mol. The first-order chi connectivity index (χ1) is 11.1. The fraction of sp³-hybridized carbons (Fsp3) is 0.333. The van der Waals surface area contributed by atoms with E-state index < -0.39 is 0 Å². The molecule has 3 nitrogen and oxygen atoms in total. The number of hydrogen-bond acceptors (Lipinski definition) is 4. The van der Waals surface area contributed by atoms with Gasteiger partial charge in [-0.25, -0.2) is 4.98 Å². The zero-order valence-corrected chi connectivity index (χ0v) is 15.2. The molecule has 2 aromatic heterocycles. The van der Waals surface area contributed by atoms with Gasteiger partial charge < -0.3 is 4.90 Å². The number of anilines is 1. The molecule has 120 valence electrons. The number of aromatic nitrogens is 2. The maximum atomic E-state index is 6.17. The fourth-order valence-electron chi connectivity index (χ4n) is 2.80. The molecule has 0 aliphatic carbocycles. The van der Waals surface area contributed by atoms with E-state index in [0.29, 0.717) is 5.28 Å². The molecular formula is C18H20ClN3S. The first kappa shape index (κ1) is 16.2. The average molecular weight is 346 g/mol. The molecule has 0 atom stereocenters. The number of fused-ring (bicyclic) bond motifs is 1. The van der Waals surface area contributed by atoms with E-state index in [1.54, 1.807) is 11.3 Å². The minimum Gasteiger partial charge on any atom is -0.359 e. The molecule has 0 radical (unpaired) electrons. The molecule has 0 bridgehead atoms. The molecule has 23 heavy (non-hydrogen) atoms. The summed E-state index contributed by atoms with van der Waals surface area (Å²) in [5.74, 6) is 0.927. The highest BCUT2D eigenvalue weighted by Gasteiger charge is 2.19. The maximum Gasteiger partial charge on any atom is 0.225 e. The molecule has 0 aliphatic heterocycles. The minimum absolute atomic E-state index is 0.316. The molecule has 0 unspecified atom stereocenters. The van der Waals surface area contributed by atoms with Crippen LogP contribution in [0.4, 0.5) is 5.82 Å². The second-order valence-corrected chi connectivity index (χ2v) is 7.21. The second-order valence-electron chi connectivity index (χ2n) is 5.67. The van der Waals surface area contributed by atoms with Crippen molar-refractivity contribution >= 4 is 39.0 Å². The molecule has 1 aromatic carbocycles. The number of aryl methyl sites for hydroxylation is 1. The summed E-state index contributed by atoms with van der Waals surface area (Å²) >= 11 is 7.85. The van der Waals surface area contributed by atoms with Gasteiger partial charge in [0, 0.05) is 24.0 Å². The van der Waals surface area contributed by atoms with Crippen LogP contribution in [0.25, 0.3) is 21.3 Å². The summed E-state index contributed by atoms with van der Waals surface area (Å²) in [6.07, 6.45) is 2.28. The maximum absolute atomic E-state index is 6.17. The van der Waals surface area contributed by atoms with Crippen molar-refractivity contribution in [2.24, 2.45) is 0 Å². The van der Waals surface area contributed by atoms with E-state index >= 15 is 0 Å². The second kappa shape index (κ2) is 6.85. The van der Waals surface area contributed by atoms with E-state index in [9.17, 15) is 0 Å². The van der Waals surface area contributed by atoms with E-state index in [2.05, 4.69) is 60.0 Å². The lowest BCUT2D eigenvalue weighted by Crippen LogP contribution is -2.20. The molecule has 0 aliphatic rings. The molecule has 5 heteroatoms. The van der Waals surface area contributed by atoms with E-state index in [0.717, 1.165) is 35.4 Å². The van der Waals surface area contributed by atoms with Crippen LogP contribution in [-0.4, -0.2) is 23.6 Å². The van der Waals surface area contributed by atoms with Crippen LogP contribution in [0.2, 0.25) is 5.28 Å². The van der Waals surface area contributed by atoms with Crippen LogP contribution >= 0.6 is 22.9 Å². The zero-order valence-electron chi connectivity index (χ0n) is 13.6. The highest BCUT2D eigenvalue weighted by Crippen LogP contribution is 2.41. The first-order valence-corrected chi connectivity index (χ1v) is 9.04. The largest absolute Gasteiger partial charge is 0.359 e. The van der Waals surface area contributed by atoms with Gasteiger partial charge in [0.15, 0.2) is 0 Å². The third-order valence-corrected chi connectivity index (χ3v) is 5.12. The third kappa shape index (κ3) is 3.19. The smallest absolute Gasteiger partial charge is 0.225 e. The van der Waals surface area contributed by atoms with Crippen molar-refractivity contribution in [2.45, 2.75) is 26.7 Å². The van der Waals surface area contributed by atoms with Crippen molar-refractivity contribution in [1.29, 1.82) is 0 Å². The number of rotatable bonds is 5. The molecule has 3 rings (SSSR count). The van der Waals surface area contributed by atoms with Crippen molar-refractivity contribution in [3.63, 3.8) is 0 Å². The van der Waals surface area contributed by atoms with Crippen LogP contribution in [0.1, 0.15) is 24.6 Å².